The van der Waals surface area contributed by atoms with E-state index in [2.05, 4.69) is 18.7 Å². The first-order valence-corrected chi connectivity index (χ1v) is 7.25. The van der Waals surface area contributed by atoms with Gasteiger partial charge in [0.25, 0.3) is 0 Å². The van der Waals surface area contributed by atoms with Gasteiger partial charge in [0.1, 0.15) is 12.4 Å². The average Bonchev–Trinajstić information content (AvgIpc) is 2.86. The number of ether oxygens (including phenoxy) is 1. The summed E-state index contributed by atoms with van der Waals surface area (Å²) >= 11 is 0. The van der Waals surface area contributed by atoms with Gasteiger partial charge < -0.3 is 9.84 Å². The molecule has 1 aromatic carbocycles. The molecule has 20 heavy (non-hydrogen) atoms. The highest BCUT2D eigenvalue weighted by Gasteiger charge is 2.26. The molecule has 2 rings (SSSR count). The van der Waals surface area contributed by atoms with E-state index in [1.165, 1.54) is 12.8 Å². The zero-order valence-electron chi connectivity index (χ0n) is 12.2. The molecule has 0 radical (unpaired) electrons. The Bertz CT molecular complexity index is 442. The normalized spacial score (nSPS) is 19.4. The van der Waals surface area contributed by atoms with E-state index in [0.29, 0.717) is 18.7 Å². The smallest absolute Gasteiger partial charge is 0.307 e. The molecule has 1 heterocycles. The van der Waals surface area contributed by atoms with Crippen molar-refractivity contribution >= 4 is 5.97 Å². The van der Waals surface area contributed by atoms with Gasteiger partial charge in [-0.1, -0.05) is 12.1 Å². The van der Waals surface area contributed by atoms with Crippen molar-refractivity contribution in [2.45, 2.75) is 45.2 Å². The van der Waals surface area contributed by atoms with Crippen LogP contribution in [0.3, 0.4) is 0 Å². The van der Waals surface area contributed by atoms with Crippen LogP contribution in [0.15, 0.2) is 24.3 Å². The standard InChI is InChI=1S/C16H23NO3/c1-12(2)17-9-3-4-14(17)11-20-15-7-5-13(6-8-15)10-16(18)19/h5-8,12,14H,3-4,9-11H2,1-2H3,(H,18,19)/t14-/m0/s1. The van der Waals surface area contributed by atoms with Crippen LogP contribution in [0.4, 0.5) is 0 Å². The number of likely N-dealkylation sites (tertiary alicyclic amines) is 1. The lowest BCUT2D eigenvalue weighted by Crippen LogP contribution is -2.39. The van der Waals surface area contributed by atoms with Gasteiger partial charge in [0.2, 0.25) is 0 Å². The van der Waals surface area contributed by atoms with Gasteiger partial charge >= 0.3 is 5.97 Å². The Kier molecular flexibility index (Phi) is 5.01. The fraction of sp³-hybridized carbons (Fsp3) is 0.562. The molecular weight excluding hydrogens is 254 g/mol. The lowest BCUT2D eigenvalue weighted by atomic mass is 10.1. The lowest BCUT2D eigenvalue weighted by molar-refractivity contribution is -0.136. The van der Waals surface area contributed by atoms with Crippen LogP contribution in [-0.2, 0) is 11.2 Å². The second kappa shape index (κ2) is 6.75. The van der Waals surface area contributed by atoms with Crippen molar-refractivity contribution in [1.82, 2.24) is 4.90 Å². The van der Waals surface area contributed by atoms with Gasteiger partial charge in [-0.15, -0.1) is 0 Å². The van der Waals surface area contributed by atoms with E-state index in [1.807, 2.05) is 24.3 Å². The Hall–Kier alpha value is -1.55. The summed E-state index contributed by atoms with van der Waals surface area (Å²) in [5.74, 6) is 0.00643. The maximum atomic E-state index is 10.6. The molecule has 1 aliphatic rings. The summed E-state index contributed by atoms with van der Waals surface area (Å²) < 4.78 is 5.84. The summed E-state index contributed by atoms with van der Waals surface area (Å²) in [5, 5.41) is 8.73. The molecule has 0 bridgehead atoms. The third kappa shape index (κ3) is 3.97. The van der Waals surface area contributed by atoms with Crippen molar-refractivity contribution in [1.29, 1.82) is 0 Å². The number of benzene rings is 1. The number of rotatable bonds is 6. The maximum absolute atomic E-state index is 10.6. The second-order valence-electron chi connectivity index (χ2n) is 5.65. The Balaban J connectivity index is 1.86. The third-order valence-corrected chi connectivity index (χ3v) is 3.81. The van der Waals surface area contributed by atoms with Crippen molar-refractivity contribution in [2.24, 2.45) is 0 Å². The van der Waals surface area contributed by atoms with Crippen LogP contribution in [0.5, 0.6) is 5.75 Å². The van der Waals surface area contributed by atoms with Gasteiger partial charge in [0.05, 0.1) is 6.42 Å². The monoisotopic (exact) mass is 277 g/mol. The van der Waals surface area contributed by atoms with Crippen LogP contribution in [0.25, 0.3) is 0 Å². The fourth-order valence-corrected chi connectivity index (χ4v) is 2.79. The zero-order valence-corrected chi connectivity index (χ0v) is 12.2. The summed E-state index contributed by atoms with van der Waals surface area (Å²) in [7, 11) is 0. The van der Waals surface area contributed by atoms with E-state index in [9.17, 15) is 4.79 Å². The summed E-state index contributed by atoms with van der Waals surface area (Å²) in [4.78, 5) is 13.1. The van der Waals surface area contributed by atoms with Crippen LogP contribution in [-0.4, -0.2) is 41.2 Å². The highest BCUT2D eigenvalue weighted by atomic mass is 16.5. The van der Waals surface area contributed by atoms with Crippen LogP contribution in [0.2, 0.25) is 0 Å². The number of carboxylic acids is 1. The van der Waals surface area contributed by atoms with Gasteiger partial charge in [-0.05, 0) is 50.9 Å². The maximum Gasteiger partial charge on any atom is 0.307 e. The Labute approximate surface area is 120 Å². The third-order valence-electron chi connectivity index (χ3n) is 3.81. The molecule has 1 N–H and O–H groups in total. The summed E-state index contributed by atoms with van der Waals surface area (Å²) in [6, 6.07) is 8.40. The molecule has 1 aliphatic heterocycles. The molecular formula is C16H23NO3. The molecule has 0 aromatic heterocycles. The summed E-state index contributed by atoms with van der Waals surface area (Å²) in [6.07, 6.45) is 2.49. The molecule has 1 saturated heterocycles. The number of hydrogen-bond acceptors (Lipinski definition) is 3. The largest absolute Gasteiger partial charge is 0.492 e. The van der Waals surface area contributed by atoms with Gasteiger partial charge in [-0.2, -0.15) is 0 Å². The zero-order chi connectivity index (χ0) is 14.5. The van der Waals surface area contributed by atoms with Crippen molar-refractivity contribution in [3.63, 3.8) is 0 Å². The first kappa shape index (κ1) is 14.9. The Morgan fingerprint density at radius 1 is 1.40 bits per heavy atom. The van der Waals surface area contributed by atoms with Gasteiger partial charge in [0.15, 0.2) is 0 Å². The number of nitrogens with zero attached hydrogens (tertiary/aromatic N) is 1. The number of carbonyl (C=O) groups is 1. The van der Waals surface area contributed by atoms with Crippen molar-refractivity contribution in [2.75, 3.05) is 13.2 Å². The Morgan fingerprint density at radius 2 is 2.10 bits per heavy atom. The van der Waals surface area contributed by atoms with Crippen LogP contribution in [0.1, 0.15) is 32.3 Å². The molecule has 0 saturated carbocycles. The van der Waals surface area contributed by atoms with E-state index in [0.717, 1.165) is 17.9 Å². The number of hydrogen-bond donors (Lipinski definition) is 1. The predicted octanol–water partition coefficient (Wildman–Crippen LogP) is 2.57. The van der Waals surface area contributed by atoms with Crippen molar-refractivity contribution < 1.29 is 14.6 Å². The highest BCUT2D eigenvalue weighted by molar-refractivity contribution is 5.70. The summed E-state index contributed by atoms with van der Waals surface area (Å²) in [6.45, 7) is 6.30. The fourth-order valence-electron chi connectivity index (χ4n) is 2.79. The van der Waals surface area contributed by atoms with Crippen LogP contribution < -0.4 is 4.74 Å². The SMILES string of the molecule is CC(C)N1CCC[C@H]1COc1ccc(CC(=O)O)cc1. The van der Waals surface area contributed by atoms with E-state index in [-0.39, 0.29) is 6.42 Å². The number of aliphatic carboxylic acids is 1. The topological polar surface area (TPSA) is 49.8 Å². The molecule has 0 amide bonds. The van der Waals surface area contributed by atoms with E-state index >= 15 is 0 Å². The Morgan fingerprint density at radius 3 is 2.70 bits per heavy atom. The molecule has 0 unspecified atom stereocenters. The number of carboxylic acid groups (broad SMARTS) is 1. The minimum absolute atomic E-state index is 0.0596. The van der Waals surface area contributed by atoms with Crippen LogP contribution in [0, 0.1) is 0 Å². The second-order valence-corrected chi connectivity index (χ2v) is 5.65. The van der Waals surface area contributed by atoms with E-state index in [1.54, 1.807) is 0 Å². The minimum atomic E-state index is -0.808. The van der Waals surface area contributed by atoms with Gasteiger partial charge in [-0.25, -0.2) is 0 Å². The van der Waals surface area contributed by atoms with E-state index in [4.69, 9.17) is 9.84 Å². The molecule has 1 fully saturated rings. The first-order valence-electron chi connectivity index (χ1n) is 7.25. The molecule has 110 valence electrons. The predicted molar refractivity (Wildman–Crippen MR) is 78.1 cm³/mol. The van der Waals surface area contributed by atoms with E-state index < -0.39 is 5.97 Å². The van der Waals surface area contributed by atoms with Crippen molar-refractivity contribution in [3.8, 4) is 5.75 Å². The molecule has 1 atom stereocenters. The lowest BCUT2D eigenvalue weighted by Gasteiger charge is -2.28. The molecule has 0 spiro atoms. The quantitative estimate of drug-likeness (QED) is 0.868. The molecule has 4 nitrogen and oxygen atoms in total. The molecule has 0 aliphatic carbocycles. The summed E-state index contributed by atoms with van der Waals surface area (Å²) in [5.41, 5.74) is 0.800. The van der Waals surface area contributed by atoms with Gasteiger partial charge in [-0.3, -0.25) is 9.69 Å². The highest BCUT2D eigenvalue weighted by Crippen LogP contribution is 2.21. The first-order chi connectivity index (χ1) is 9.56. The molecule has 1 aromatic rings. The minimum Gasteiger partial charge on any atom is -0.492 e. The van der Waals surface area contributed by atoms with Gasteiger partial charge in [0, 0.05) is 12.1 Å². The van der Waals surface area contributed by atoms with Crippen molar-refractivity contribution in [3.05, 3.63) is 29.8 Å². The van der Waals surface area contributed by atoms with Crippen LogP contribution >= 0.6 is 0 Å². The average molecular weight is 277 g/mol. The molecule has 4 heteroatoms.